The van der Waals surface area contributed by atoms with Gasteiger partial charge in [0.05, 0.1) is 27.4 Å². The van der Waals surface area contributed by atoms with Crippen molar-refractivity contribution in [3.63, 3.8) is 0 Å². The van der Waals surface area contributed by atoms with Crippen LogP contribution < -0.4 is 10.1 Å². The average molecular weight is 581 g/mol. The van der Waals surface area contributed by atoms with Crippen molar-refractivity contribution in [3.05, 3.63) is 47.5 Å². The Balaban J connectivity index is 1.87. The van der Waals surface area contributed by atoms with Crippen LogP contribution in [0.5, 0.6) is 5.75 Å². The van der Waals surface area contributed by atoms with Crippen LogP contribution in [0.1, 0.15) is 65.0 Å². The highest BCUT2D eigenvalue weighted by atomic mass is 16.5. The number of fused-ring (bicyclic) bond motifs is 5. The number of esters is 1. The van der Waals surface area contributed by atoms with E-state index in [1.54, 1.807) is 14.2 Å². The number of allylic oxidation sites excluding steroid dienone is 1. The summed E-state index contributed by atoms with van der Waals surface area (Å²) in [6, 6.07) is 8.24. The number of hydrogen-bond donors (Lipinski definition) is 1. The van der Waals surface area contributed by atoms with Gasteiger partial charge in [0.15, 0.2) is 0 Å². The molecule has 0 spiro atoms. The molecule has 42 heavy (non-hydrogen) atoms. The van der Waals surface area contributed by atoms with E-state index in [1.807, 2.05) is 65.0 Å². The molecule has 2 aliphatic rings. The molecule has 1 saturated heterocycles. The zero-order valence-electron chi connectivity index (χ0n) is 26.0. The Morgan fingerprint density at radius 2 is 1.81 bits per heavy atom. The van der Waals surface area contributed by atoms with Crippen LogP contribution >= 0.6 is 0 Å². The lowest BCUT2D eigenvalue weighted by Crippen LogP contribution is -2.57. The zero-order valence-corrected chi connectivity index (χ0v) is 26.0. The highest BCUT2D eigenvalue weighted by Crippen LogP contribution is 2.42. The molecule has 5 bridgehead atoms. The number of methoxy groups -OCH3 is 3. The summed E-state index contributed by atoms with van der Waals surface area (Å²) < 4.78 is 22.6. The third-order valence-corrected chi connectivity index (χ3v) is 8.44. The summed E-state index contributed by atoms with van der Waals surface area (Å²) in [6.07, 6.45) is 5.23. The largest absolute Gasteiger partial charge is 0.496 e. The molecule has 0 aliphatic carbocycles. The Morgan fingerprint density at radius 1 is 1.07 bits per heavy atom. The first kappa shape index (κ1) is 31.3. The minimum Gasteiger partial charge on any atom is -0.496 e. The van der Waals surface area contributed by atoms with Crippen molar-refractivity contribution < 1.29 is 33.3 Å². The fourth-order valence-corrected chi connectivity index (χ4v) is 5.80. The smallest absolute Gasteiger partial charge is 0.407 e. The van der Waals surface area contributed by atoms with E-state index in [9.17, 15) is 14.4 Å². The minimum atomic E-state index is -0.978. The maximum Gasteiger partial charge on any atom is 0.407 e. The lowest BCUT2D eigenvalue weighted by molar-refractivity contribution is -0.152. The first-order valence-electron chi connectivity index (χ1n) is 14.4. The number of nitrogens with zero attached hydrogens (tertiary/aromatic N) is 1. The molecule has 3 atom stereocenters. The SMILES string of the molecule is COC(=O)[C@@H]1C[C@]2(OC)CN1C(=O)[C@H](C(C)(C)C)NC(=O)OCC(C)(C)CCC=Cc1cc3cc2ccc3cc1OC. The number of carbonyl (C=O) groups excluding carboxylic acids is 3. The molecule has 2 heterocycles. The van der Waals surface area contributed by atoms with E-state index < -0.39 is 41.1 Å². The van der Waals surface area contributed by atoms with Crippen LogP contribution in [0.4, 0.5) is 4.79 Å². The van der Waals surface area contributed by atoms with Gasteiger partial charge in [0.25, 0.3) is 0 Å². The van der Waals surface area contributed by atoms with Gasteiger partial charge in [-0.1, -0.05) is 58.9 Å². The molecule has 1 fully saturated rings. The molecule has 0 unspecified atom stereocenters. The van der Waals surface area contributed by atoms with E-state index in [-0.39, 0.29) is 25.0 Å². The predicted molar refractivity (Wildman–Crippen MR) is 161 cm³/mol. The summed E-state index contributed by atoms with van der Waals surface area (Å²) in [5, 5.41) is 4.78. The molecule has 2 aliphatic heterocycles. The quantitative estimate of drug-likeness (QED) is 0.483. The molecule has 0 saturated carbocycles. The molecule has 9 nitrogen and oxygen atoms in total. The number of carbonyl (C=O) groups is 3. The van der Waals surface area contributed by atoms with E-state index in [4.69, 9.17) is 18.9 Å². The molecule has 1 N–H and O–H groups in total. The number of nitrogens with one attached hydrogen (secondary N) is 1. The number of ether oxygens (including phenoxy) is 4. The van der Waals surface area contributed by atoms with Crippen molar-refractivity contribution >= 4 is 34.8 Å². The van der Waals surface area contributed by atoms with Gasteiger partial charge in [-0.3, -0.25) is 4.79 Å². The van der Waals surface area contributed by atoms with E-state index in [0.717, 1.165) is 40.5 Å². The van der Waals surface area contributed by atoms with Crippen molar-refractivity contribution in [2.24, 2.45) is 10.8 Å². The van der Waals surface area contributed by atoms with Crippen LogP contribution in [0.3, 0.4) is 0 Å². The van der Waals surface area contributed by atoms with Gasteiger partial charge < -0.3 is 29.2 Å². The zero-order chi connectivity index (χ0) is 30.9. The molecule has 4 rings (SSSR count). The second kappa shape index (κ2) is 12.0. The van der Waals surface area contributed by atoms with Gasteiger partial charge in [-0.25, -0.2) is 9.59 Å². The highest BCUT2D eigenvalue weighted by molar-refractivity contribution is 5.92. The Hall–Kier alpha value is -3.59. The maximum atomic E-state index is 14.2. The Bertz CT molecular complexity index is 1380. The van der Waals surface area contributed by atoms with Crippen LogP contribution in [0.15, 0.2) is 36.4 Å². The van der Waals surface area contributed by atoms with Crippen molar-refractivity contribution in [3.8, 4) is 5.75 Å². The number of alkyl carbamates (subject to hydrolysis) is 1. The third kappa shape index (κ3) is 6.41. The van der Waals surface area contributed by atoms with Gasteiger partial charge in [-0.2, -0.15) is 0 Å². The molecule has 2 amide bonds. The van der Waals surface area contributed by atoms with Crippen molar-refractivity contribution in [2.75, 3.05) is 34.5 Å². The van der Waals surface area contributed by atoms with Gasteiger partial charge in [0.2, 0.25) is 5.91 Å². The lowest BCUT2D eigenvalue weighted by Gasteiger charge is -2.35. The summed E-state index contributed by atoms with van der Waals surface area (Å²) in [5.41, 5.74) is -0.178. The number of benzene rings is 2. The molecule has 0 aromatic heterocycles. The highest BCUT2D eigenvalue weighted by Gasteiger charge is 2.53. The Labute approximate surface area is 248 Å². The van der Waals surface area contributed by atoms with Gasteiger partial charge >= 0.3 is 12.1 Å². The summed E-state index contributed by atoms with van der Waals surface area (Å²) in [4.78, 5) is 41.8. The molecular weight excluding hydrogens is 536 g/mol. The Morgan fingerprint density at radius 3 is 2.45 bits per heavy atom. The van der Waals surface area contributed by atoms with Crippen LogP contribution in [0.25, 0.3) is 16.8 Å². The maximum absolute atomic E-state index is 14.2. The van der Waals surface area contributed by atoms with Gasteiger partial charge in [0.1, 0.15) is 23.4 Å². The average Bonchev–Trinajstić information content (AvgIpc) is 3.36. The van der Waals surface area contributed by atoms with Gasteiger partial charge in [-0.15, -0.1) is 0 Å². The summed E-state index contributed by atoms with van der Waals surface area (Å²) in [5.74, 6) is -0.183. The summed E-state index contributed by atoms with van der Waals surface area (Å²) in [7, 11) is 4.55. The topological polar surface area (TPSA) is 103 Å². The van der Waals surface area contributed by atoms with Crippen LogP contribution in [-0.2, 0) is 29.4 Å². The van der Waals surface area contributed by atoms with Crippen LogP contribution in [0, 0.1) is 10.8 Å². The number of amides is 2. The number of rotatable bonds is 3. The van der Waals surface area contributed by atoms with Crippen LogP contribution in [-0.4, -0.2) is 69.4 Å². The third-order valence-electron chi connectivity index (χ3n) is 8.44. The van der Waals surface area contributed by atoms with Gasteiger partial charge in [-0.05, 0) is 58.2 Å². The summed E-state index contributed by atoms with van der Waals surface area (Å²) >= 11 is 0. The first-order valence-corrected chi connectivity index (χ1v) is 14.4. The van der Waals surface area contributed by atoms with E-state index >= 15 is 0 Å². The first-order chi connectivity index (χ1) is 19.7. The Kier molecular flexibility index (Phi) is 8.92. The standard InChI is InChI=1S/C33H44N2O7/c1-31(2,3)27-28(36)35-19-33(41-8,18-25(35)29(37)40-7)24-13-12-21-17-26(39-6)22(15-23(21)16-24)11-9-10-14-32(4,5)20-42-30(38)34-27/h9,11-13,15-17,25,27H,10,14,18-20H2,1-8H3,(H,34,38)/t25-,27+,33-/m0/s1. The molecular formula is C33H44N2O7. The van der Waals surface area contributed by atoms with Crippen LogP contribution in [0.2, 0.25) is 0 Å². The fraction of sp³-hybridized carbons (Fsp3) is 0.545. The predicted octanol–water partition coefficient (Wildman–Crippen LogP) is 5.44. The normalized spacial score (nSPS) is 25.0. The molecule has 2 aromatic rings. The van der Waals surface area contributed by atoms with E-state index in [1.165, 1.54) is 12.0 Å². The molecule has 228 valence electrons. The van der Waals surface area contributed by atoms with E-state index in [0.29, 0.717) is 0 Å². The van der Waals surface area contributed by atoms with Crippen molar-refractivity contribution in [2.45, 2.75) is 71.6 Å². The van der Waals surface area contributed by atoms with Gasteiger partial charge in [0, 0.05) is 19.1 Å². The van der Waals surface area contributed by atoms with Crippen molar-refractivity contribution in [1.29, 1.82) is 0 Å². The number of cyclic esters (lactones) is 1. The van der Waals surface area contributed by atoms with Crippen molar-refractivity contribution in [1.82, 2.24) is 10.2 Å². The second-order valence-electron chi connectivity index (χ2n) is 13.2. The molecule has 9 heteroatoms. The number of hydrogen-bond acceptors (Lipinski definition) is 7. The fourth-order valence-electron chi connectivity index (χ4n) is 5.80. The van der Waals surface area contributed by atoms with E-state index in [2.05, 4.69) is 17.5 Å². The summed E-state index contributed by atoms with van der Waals surface area (Å²) in [6.45, 7) is 9.96. The molecule has 2 aromatic carbocycles. The minimum absolute atomic E-state index is 0.104. The molecule has 0 radical (unpaired) electrons. The second-order valence-corrected chi connectivity index (χ2v) is 13.2. The lowest BCUT2D eigenvalue weighted by atomic mass is 9.85. The monoisotopic (exact) mass is 580 g/mol.